The Kier molecular flexibility index (Phi) is 2.88. The van der Waals surface area contributed by atoms with Crippen LogP contribution in [0.2, 0.25) is 0 Å². The van der Waals surface area contributed by atoms with Crippen LogP contribution in [-0.4, -0.2) is 18.4 Å². The molecular formula is C14H13NO2S. The summed E-state index contributed by atoms with van der Waals surface area (Å²) in [5.74, 6) is 0.932. The van der Waals surface area contributed by atoms with Gasteiger partial charge in [-0.05, 0) is 25.3 Å². The summed E-state index contributed by atoms with van der Waals surface area (Å²) in [6.07, 6.45) is 3.80. The average Bonchev–Trinajstić information content (AvgIpc) is 2.74. The molecule has 0 saturated carbocycles. The summed E-state index contributed by atoms with van der Waals surface area (Å²) >= 11 is 1.48. The highest BCUT2D eigenvalue weighted by molar-refractivity contribution is 7.16. The zero-order valence-electron chi connectivity index (χ0n) is 10.1. The van der Waals surface area contributed by atoms with Gasteiger partial charge in [-0.3, -0.25) is 4.79 Å². The van der Waals surface area contributed by atoms with E-state index in [0.29, 0.717) is 5.01 Å². The summed E-state index contributed by atoms with van der Waals surface area (Å²) in [6, 6.07) is 6.08. The number of hydrogen-bond donors (Lipinski definition) is 0. The molecule has 0 radical (unpaired) electrons. The largest absolute Gasteiger partial charge is 0.496 e. The lowest BCUT2D eigenvalue weighted by Crippen LogP contribution is -1.93. The van der Waals surface area contributed by atoms with Crippen molar-refractivity contribution in [2.75, 3.05) is 7.11 Å². The van der Waals surface area contributed by atoms with Crippen molar-refractivity contribution in [1.82, 2.24) is 4.98 Å². The van der Waals surface area contributed by atoms with Crippen LogP contribution in [0.15, 0.2) is 18.2 Å². The van der Waals surface area contributed by atoms with Gasteiger partial charge in [-0.25, -0.2) is 4.98 Å². The standard InChI is InChI=1S/C14H13NO2S/c1-17-12-7-3-5-10-9(12)4-2-6-11-14(10)18-13(8-16)15-11/h3,5,7-8H,2,4,6H2,1H3. The van der Waals surface area contributed by atoms with Gasteiger partial charge >= 0.3 is 0 Å². The first kappa shape index (κ1) is 11.4. The molecule has 4 heteroatoms. The van der Waals surface area contributed by atoms with Crippen LogP contribution >= 0.6 is 11.3 Å². The Morgan fingerprint density at radius 3 is 3.06 bits per heavy atom. The number of aromatic nitrogens is 1. The smallest absolute Gasteiger partial charge is 0.178 e. The number of benzene rings is 1. The van der Waals surface area contributed by atoms with Gasteiger partial charge in [-0.15, -0.1) is 11.3 Å². The van der Waals surface area contributed by atoms with E-state index in [1.807, 2.05) is 12.1 Å². The van der Waals surface area contributed by atoms with E-state index in [0.717, 1.165) is 41.9 Å². The van der Waals surface area contributed by atoms with E-state index >= 15 is 0 Å². The number of ether oxygens (including phenoxy) is 1. The maximum atomic E-state index is 10.9. The van der Waals surface area contributed by atoms with E-state index in [-0.39, 0.29) is 0 Å². The summed E-state index contributed by atoms with van der Waals surface area (Å²) in [4.78, 5) is 16.4. The van der Waals surface area contributed by atoms with Crippen molar-refractivity contribution >= 4 is 17.6 Å². The molecule has 0 amide bonds. The fraction of sp³-hybridized carbons (Fsp3) is 0.286. The van der Waals surface area contributed by atoms with Crippen molar-refractivity contribution in [3.63, 3.8) is 0 Å². The Labute approximate surface area is 109 Å². The maximum absolute atomic E-state index is 10.9. The zero-order valence-corrected chi connectivity index (χ0v) is 10.9. The molecule has 1 aromatic heterocycles. The predicted molar refractivity (Wildman–Crippen MR) is 71.5 cm³/mol. The normalized spacial score (nSPS) is 13.4. The molecule has 18 heavy (non-hydrogen) atoms. The molecular weight excluding hydrogens is 246 g/mol. The number of carbonyl (C=O) groups excluding carboxylic acids is 1. The third-order valence-corrected chi connectivity index (χ3v) is 4.31. The summed E-state index contributed by atoms with van der Waals surface area (Å²) in [5, 5.41) is 0.565. The van der Waals surface area contributed by atoms with Gasteiger partial charge in [0.2, 0.25) is 0 Å². The molecule has 2 aromatic rings. The van der Waals surface area contributed by atoms with Crippen LogP contribution in [0.1, 0.15) is 27.5 Å². The summed E-state index contributed by atoms with van der Waals surface area (Å²) in [7, 11) is 1.70. The van der Waals surface area contributed by atoms with E-state index in [4.69, 9.17) is 4.74 Å². The summed E-state index contributed by atoms with van der Waals surface area (Å²) < 4.78 is 5.43. The first-order valence-electron chi connectivity index (χ1n) is 5.94. The molecule has 0 bridgehead atoms. The third-order valence-electron chi connectivity index (χ3n) is 3.25. The maximum Gasteiger partial charge on any atom is 0.178 e. The number of fused-ring (bicyclic) bond motifs is 3. The van der Waals surface area contributed by atoms with E-state index < -0.39 is 0 Å². The predicted octanol–water partition coefficient (Wildman–Crippen LogP) is 3.12. The lowest BCUT2D eigenvalue weighted by Gasteiger charge is -2.10. The topological polar surface area (TPSA) is 39.2 Å². The van der Waals surface area contributed by atoms with Crippen molar-refractivity contribution in [1.29, 1.82) is 0 Å². The zero-order chi connectivity index (χ0) is 12.5. The fourth-order valence-electron chi connectivity index (χ4n) is 2.46. The number of nitrogens with zero attached hydrogens (tertiary/aromatic N) is 1. The highest BCUT2D eigenvalue weighted by Gasteiger charge is 2.21. The second kappa shape index (κ2) is 4.53. The van der Waals surface area contributed by atoms with Gasteiger partial charge in [0, 0.05) is 11.1 Å². The highest BCUT2D eigenvalue weighted by Crippen LogP contribution is 2.39. The van der Waals surface area contributed by atoms with Crippen LogP contribution < -0.4 is 4.74 Å². The minimum Gasteiger partial charge on any atom is -0.496 e. The van der Waals surface area contributed by atoms with Gasteiger partial charge in [0.05, 0.1) is 17.7 Å². The van der Waals surface area contributed by atoms with Crippen molar-refractivity contribution < 1.29 is 9.53 Å². The fourth-order valence-corrected chi connectivity index (χ4v) is 3.44. The number of hydrogen-bond acceptors (Lipinski definition) is 4. The Balaban J connectivity index is 2.23. The molecule has 92 valence electrons. The first-order valence-corrected chi connectivity index (χ1v) is 6.76. The molecule has 1 aliphatic rings. The van der Waals surface area contributed by atoms with Gasteiger partial charge in [-0.1, -0.05) is 12.1 Å². The Hall–Kier alpha value is -1.68. The third kappa shape index (κ3) is 1.73. The Morgan fingerprint density at radius 2 is 2.28 bits per heavy atom. The molecule has 0 fully saturated rings. The number of aryl methyl sites for hydroxylation is 1. The molecule has 1 heterocycles. The number of rotatable bonds is 2. The molecule has 0 saturated heterocycles. The van der Waals surface area contributed by atoms with E-state index in [2.05, 4.69) is 11.1 Å². The lowest BCUT2D eigenvalue weighted by atomic mass is 10.0. The molecule has 0 spiro atoms. The highest BCUT2D eigenvalue weighted by atomic mass is 32.1. The second-order valence-corrected chi connectivity index (χ2v) is 5.32. The minimum absolute atomic E-state index is 0.565. The van der Waals surface area contributed by atoms with Crippen LogP contribution in [0.25, 0.3) is 10.4 Å². The molecule has 0 N–H and O–H groups in total. The monoisotopic (exact) mass is 259 g/mol. The van der Waals surface area contributed by atoms with Crippen LogP contribution in [-0.2, 0) is 12.8 Å². The van der Waals surface area contributed by atoms with Crippen molar-refractivity contribution in [3.8, 4) is 16.2 Å². The molecule has 1 aliphatic carbocycles. The first-order chi connectivity index (χ1) is 8.83. The van der Waals surface area contributed by atoms with Crippen molar-refractivity contribution in [2.24, 2.45) is 0 Å². The average molecular weight is 259 g/mol. The van der Waals surface area contributed by atoms with Gasteiger partial charge in [0.15, 0.2) is 11.3 Å². The Bertz CT molecular complexity index is 604. The minimum atomic E-state index is 0.565. The molecule has 0 aliphatic heterocycles. The van der Waals surface area contributed by atoms with Gasteiger partial charge < -0.3 is 4.74 Å². The van der Waals surface area contributed by atoms with Gasteiger partial charge in [0.25, 0.3) is 0 Å². The van der Waals surface area contributed by atoms with Gasteiger partial charge in [-0.2, -0.15) is 0 Å². The second-order valence-electron chi connectivity index (χ2n) is 4.29. The SMILES string of the molecule is COc1cccc2c1CCCc1nc(C=O)sc1-2. The number of carbonyl (C=O) groups is 1. The molecule has 3 nitrogen and oxygen atoms in total. The molecule has 1 aromatic carbocycles. The Morgan fingerprint density at radius 1 is 1.39 bits per heavy atom. The number of aldehydes is 1. The van der Waals surface area contributed by atoms with Crippen molar-refractivity contribution in [3.05, 3.63) is 34.5 Å². The lowest BCUT2D eigenvalue weighted by molar-refractivity contribution is 0.112. The molecule has 0 unspecified atom stereocenters. The van der Waals surface area contributed by atoms with Crippen molar-refractivity contribution in [2.45, 2.75) is 19.3 Å². The molecule has 3 rings (SSSR count). The number of methoxy groups -OCH3 is 1. The summed E-state index contributed by atoms with van der Waals surface area (Å²) in [5.41, 5.74) is 3.46. The van der Waals surface area contributed by atoms with Crippen LogP contribution in [0.3, 0.4) is 0 Å². The van der Waals surface area contributed by atoms with E-state index in [1.165, 1.54) is 22.5 Å². The van der Waals surface area contributed by atoms with Crippen LogP contribution in [0, 0.1) is 0 Å². The number of thiazole rings is 1. The van der Waals surface area contributed by atoms with Crippen LogP contribution in [0.4, 0.5) is 0 Å². The molecule has 0 atom stereocenters. The quantitative estimate of drug-likeness (QED) is 0.778. The van der Waals surface area contributed by atoms with E-state index in [9.17, 15) is 4.79 Å². The van der Waals surface area contributed by atoms with Gasteiger partial charge in [0.1, 0.15) is 5.75 Å². The van der Waals surface area contributed by atoms with Crippen LogP contribution in [0.5, 0.6) is 5.75 Å². The van der Waals surface area contributed by atoms with E-state index in [1.54, 1.807) is 7.11 Å². The summed E-state index contributed by atoms with van der Waals surface area (Å²) in [6.45, 7) is 0.